The summed E-state index contributed by atoms with van der Waals surface area (Å²) < 4.78 is 28.1. The van der Waals surface area contributed by atoms with Crippen molar-refractivity contribution in [2.24, 2.45) is 0 Å². The number of hydrogen-bond acceptors (Lipinski definition) is 22. The first-order valence-electron chi connectivity index (χ1n) is 16.7. The van der Waals surface area contributed by atoms with Gasteiger partial charge in [-0.25, -0.2) is 4.79 Å². The Morgan fingerprint density at radius 2 is 0.729 bits per heavy atom. The zero-order valence-electron chi connectivity index (χ0n) is 29.8. The van der Waals surface area contributed by atoms with Crippen LogP contribution in [0.25, 0.3) is 0 Å². The number of aliphatic hydroxyl groups is 1. The molecule has 1 aliphatic rings. The molecule has 59 heavy (non-hydrogen) atoms. The maximum Gasteiger partial charge on any atom is 0.338 e. The van der Waals surface area contributed by atoms with Crippen molar-refractivity contribution in [1.29, 1.82) is 0 Å². The number of rotatable bonds is 15. The number of aromatic hydroxyl groups is 12. The molecular formula is C37H34O22. The molecule has 1 fully saturated rings. The topological polar surface area (TPSA) is 377 Å². The molecule has 0 saturated carbocycles. The van der Waals surface area contributed by atoms with Crippen LogP contribution < -0.4 is 0 Å². The highest BCUT2D eigenvalue weighted by molar-refractivity contribution is 5.99. The zero-order chi connectivity index (χ0) is 43.5. The summed E-state index contributed by atoms with van der Waals surface area (Å²) in [7, 11) is 0. The van der Waals surface area contributed by atoms with Crippen LogP contribution in [0.2, 0.25) is 0 Å². The molecular weight excluding hydrogens is 796 g/mol. The molecule has 0 spiro atoms. The highest BCUT2D eigenvalue weighted by atomic mass is 16.7. The average molecular weight is 831 g/mol. The van der Waals surface area contributed by atoms with E-state index in [1.165, 1.54) is 0 Å². The number of phenolic OH excluding ortho intramolecular Hbond substituents is 12. The minimum Gasteiger partial charge on any atom is -0.504 e. The van der Waals surface area contributed by atoms with Gasteiger partial charge in [-0.2, -0.15) is 0 Å². The summed E-state index contributed by atoms with van der Waals surface area (Å²) in [5.41, 5.74) is -1.74. The number of aliphatic hydroxyl groups excluding tert-OH is 1. The number of carbonyl (C=O) groups excluding carboxylic acids is 4. The van der Waals surface area contributed by atoms with E-state index in [1.54, 1.807) is 0 Å². The van der Waals surface area contributed by atoms with Gasteiger partial charge in [0.15, 0.2) is 92.6 Å². The molecule has 0 aromatic heterocycles. The molecule has 0 unspecified atom stereocenters. The molecule has 314 valence electrons. The van der Waals surface area contributed by atoms with Gasteiger partial charge < -0.3 is 90.1 Å². The van der Waals surface area contributed by atoms with Gasteiger partial charge in [-0.05, 0) is 48.5 Å². The molecule has 5 atom stereocenters. The monoisotopic (exact) mass is 830 g/mol. The van der Waals surface area contributed by atoms with Crippen molar-refractivity contribution in [2.75, 3.05) is 26.4 Å². The molecule has 5 rings (SSSR count). The summed E-state index contributed by atoms with van der Waals surface area (Å²) >= 11 is 0. The summed E-state index contributed by atoms with van der Waals surface area (Å²) in [6.45, 7) is -3.96. The third-order valence-electron chi connectivity index (χ3n) is 8.69. The van der Waals surface area contributed by atoms with Crippen molar-refractivity contribution >= 4 is 23.3 Å². The lowest BCUT2D eigenvalue weighted by Crippen LogP contribution is -2.62. The van der Waals surface area contributed by atoms with Crippen LogP contribution in [0, 0.1) is 0 Å². The van der Waals surface area contributed by atoms with Crippen molar-refractivity contribution in [3.05, 3.63) is 70.8 Å². The standard InChI is InChI=1S/C37H34O22/c38-17-1-13(2-18(39)29(17)49)25(46)9-55-33-28(12-58-36(53)16-7-23(44)32(52)24(45)8-16)59-37(54)35(57-11-27(48)15-5-21(42)31(51)22(43)6-15)34(33)56-10-26(47)14-3-19(40)30(50)20(41)4-14/h1-8,28,33-35,37-45,49-52,54H,9-12H2/t28-,33-,34+,35-,37-/m1/s1. The fraction of sp³-hybridized carbons (Fsp3) is 0.243. The molecule has 13 N–H and O–H groups in total. The van der Waals surface area contributed by atoms with E-state index in [0.29, 0.717) is 0 Å². The van der Waals surface area contributed by atoms with Crippen LogP contribution in [0.3, 0.4) is 0 Å². The maximum atomic E-state index is 13.2. The van der Waals surface area contributed by atoms with Crippen LogP contribution in [-0.4, -0.2) is 147 Å². The van der Waals surface area contributed by atoms with Gasteiger partial charge >= 0.3 is 5.97 Å². The average Bonchev–Trinajstić information content (AvgIpc) is 3.19. The van der Waals surface area contributed by atoms with Crippen LogP contribution in [0.1, 0.15) is 41.4 Å². The van der Waals surface area contributed by atoms with E-state index >= 15 is 0 Å². The quantitative estimate of drug-likeness (QED) is 0.0448. The Morgan fingerprint density at radius 3 is 1.07 bits per heavy atom. The minimum atomic E-state index is -2.17. The first-order valence-corrected chi connectivity index (χ1v) is 16.7. The number of ether oxygens (including phenoxy) is 5. The lowest BCUT2D eigenvalue weighted by atomic mass is 9.97. The first-order chi connectivity index (χ1) is 27.8. The summed E-state index contributed by atoms with van der Waals surface area (Å²) in [5, 5.41) is 129. The Bertz CT molecular complexity index is 2190. The Morgan fingerprint density at radius 1 is 0.441 bits per heavy atom. The summed E-state index contributed by atoms with van der Waals surface area (Å²) in [5.74, 6) is -15.2. The lowest BCUT2D eigenvalue weighted by Gasteiger charge is -2.44. The van der Waals surface area contributed by atoms with Crippen molar-refractivity contribution in [3.8, 4) is 69.0 Å². The van der Waals surface area contributed by atoms with E-state index in [0.717, 1.165) is 48.5 Å². The van der Waals surface area contributed by atoms with Crippen LogP contribution >= 0.6 is 0 Å². The van der Waals surface area contributed by atoms with E-state index in [9.17, 15) is 85.6 Å². The van der Waals surface area contributed by atoms with Gasteiger partial charge in [0.2, 0.25) is 0 Å². The van der Waals surface area contributed by atoms with Gasteiger partial charge in [0.25, 0.3) is 0 Å². The second-order valence-electron chi connectivity index (χ2n) is 12.7. The largest absolute Gasteiger partial charge is 0.504 e. The number of esters is 1. The van der Waals surface area contributed by atoms with Gasteiger partial charge in [-0.3, -0.25) is 14.4 Å². The van der Waals surface area contributed by atoms with E-state index in [4.69, 9.17) is 23.7 Å². The van der Waals surface area contributed by atoms with Crippen molar-refractivity contribution < 1.29 is 109 Å². The highest BCUT2D eigenvalue weighted by Crippen LogP contribution is 2.39. The number of phenols is 12. The molecule has 22 nitrogen and oxygen atoms in total. The third kappa shape index (κ3) is 9.49. The molecule has 1 aliphatic heterocycles. The van der Waals surface area contributed by atoms with E-state index in [1.807, 2.05) is 0 Å². The summed E-state index contributed by atoms with van der Waals surface area (Å²) in [4.78, 5) is 52.5. The normalized spacial score (nSPS) is 18.9. The number of benzene rings is 4. The Kier molecular flexibility index (Phi) is 12.7. The molecule has 0 aliphatic carbocycles. The molecule has 0 amide bonds. The maximum absolute atomic E-state index is 13.2. The van der Waals surface area contributed by atoms with E-state index in [-0.39, 0.29) is 0 Å². The van der Waals surface area contributed by atoms with Crippen molar-refractivity contribution in [3.63, 3.8) is 0 Å². The molecule has 22 heteroatoms. The summed E-state index contributed by atoms with van der Waals surface area (Å²) in [6, 6.07) is 6.10. The van der Waals surface area contributed by atoms with Gasteiger partial charge in [0, 0.05) is 16.7 Å². The smallest absolute Gasteiger partial charge is 0.338 e. The SMILES string of the molecule is O=C(CO[C@@H]1[C@@H](OCC(=O)c2cc(O)c(O)c(O)c2)[C@H](O)O[C@H](COC(=O)c2cc(O)c(O)c(O)c2)[C@H]1OCC(=O)c1cc(O)c(O)c(O)c1)c1cc(O)c(O)c(O)c1. The second kappa shape index (κ2) is 17.5. The first kappa shape index (κ1) is 42.9. The third-order valence-corrected chi connectivity index (χ3v) is 8.69. The minimum absolute atomic E-state index is 0.404. The zero-order valence-corrected chi connectivity index (χ0v) is 29.8. The highest BCUT2D eigenvalue weighted by Gasteiger charge is 2.49. The van der Waals surface area contributed by atoms with Crippen molar-refractivity contribution in [2.45, 2.75) is 30.7 Å². The predicted molar refractivity (Wildman–Crippen MR) is 189 cm³/mol. The van der Waals surface area contributed by atoms with E-state index in [2.05, 4.69) is 0 Å². The molecule has 4 aromatic carbocycles. The molecule has 4 aromatic rings. The van der Waals surface area contributed by atoms with Crippen LogP contribution in [0.15, 0.2) is 48.5 Å². The Labute approximate surface area is 329 Å². The molecule has 0 radical (unpaired) electrons. The molecule has 1 saturated heterocycles. The van der Waals surface area contributed by atoms with Crippen LogP contribution in [0.4, 0.5) is 0 Å². The van der Waals surface area contributed by atoms with Gasteiger partial charge in [-0.15, -0.1) is 0 Å². The van der Waals surface area contributed by atoms with Crippen LogP contribution in [0.5, 0.6) is 69.0 Å². The van der Waals surface area contributed by atoms with Gasteiger partial charge in [0.1, 0.15) is 50.8 Å². The Hall–Kier alpha value is -7.24. The predicted octanol–water partition coefficient (Wildman–Crippen LogP) is 0.832. The number of ketones is 3. The van der Waals surface area contributed by atoms with E-state index < -0.39 is 172 Å². The number of hydrogen-bond donors (Lipinski definition) is 13. The molecule has 0 bridgehead atoms. The summed E-state index contributed by atoms with van der Waals surface area (Å²) in [6.07, 6.45) is -9.37. The van der Waals surface area contributed by atoms with Gasteiger partial charge in [-0.1, -0.05) is 0 Å². The number of carbonyl (C=O) groups is 4. The second-order valence-corrected chi connectivity index (χ2v) is 12.7. The lowest BCUT2D eigenvalue weighted by molar-refractivity contribution is -0.305. The van der Waals surface area contributed by atoms with Crippen molar-refractivity contribution in [1.82, 2.24) is 0 Å². The fourth-order valence-corrected chi connectivity index (χ4v) is 5.62. The van der Waals surface area contributed by atoms with Crippen LogP contribution in [-0.2, 0) is 23.7 Å². The number of Topliss-reactive ketones (excluding diaryl/α,β-unsaturated/α-hetero) is 3. The Balaban J connectivity index is 1.49. The van der Waals surface area contributed by atoms with Gasteiger partial charge in [0.05, 0.1) is 5.56 Å². The fourth-order valence-electron chi connectivity index (χ4n) is 5.62. The molecule has 1 heterocycles.